The molecule has 3 heteroatoms. The molecule has 1 aliphatic heterocycles. The van der Waals surface area contributed by atoms with Crippen molar-refractivity contribution in [2.24, 2.45) is 0 Å². The summed E-state index contributed by atoms with van der Waals surface area (Å²) in [6.07, 6.45) is 1.73. The molecule has 1 N–H and O–H groups in total. The van der Waals surface area contributed by atoms with Crippen LogP contribution < -0.4 is 0 Å². The standard InChI is InChI=1S/C13H17NO2/c1-2-11(10-6-4-3-5-7-10)14-9-8-12(14)13(15)16/h3-7,11-12H,2,8-9H2,1H3,(H,15,16)/t11?,12-/m1/s1. The Bertz CT molecular complexity index is 363. The molecule has 0 radical (unpaired) electrons. The molecule has 1 fully saturated rings. The van der Waals surface area contributed by atoms with Crippen LogP contribution in [0.5, 0.6) is 0 Å². The van der Waals surface area contributed by atoms with Crippen molar-refractivity contribution in [1.82, 2.24) is 4.90 Å². The lowest BCUT2D eigenvalue weighted by atomic mass is 9.94. The topological polar surface area (TPSA) is 40.5 Å². The maximum Gasteiger partial charge on any atom is 0.320 e. The van der Waals surface area contributed by atoms with Crippen molar-refractivity contribution in [2.75, 3.05) is 6.54 Å². The van der Waals surface area contributed by atoms with E-state index in [1.807, 2.05) is 18.2 Å². The number of carboxylic acids is 1. The van der Waals surface area contributed by atoms with Crippen LogP contribution in [0.4, 0.5) is 0 Å². The number of aliphatic carboxylic acids is 1. The Balaban J connectivity index is 2.15. The average molecular weight is 219 g/mol. The third-order valence-corrected chi connectivity index (χ3v) is 3.32. The van der Waals surface area contributed by atoms with Crippen molar-refractivity contribution in [2.45, 2.75) is 31.8 Å². The molecular formula is C13H17NO2. The van der Waals surface area contributed by atoms with Crippen LogP contribution in [-0.4, -0.2) is 28.6 Å². The molecule has 0 aromatic heterocycles. The van der Waals surface area contributed by atoms with Gasteiger partial charge in [-0.3, -0.25) is 9.69 Å². The number of rotatable bonds is 4. The van der Waals surface area contributed by atoms with Crippen LogP contribution in [0, 0.1) is 0 Å². The zero-order valence-corrected chi connectivity index (χ0v) is 9.47. The third kappa shape index (κ3) is 1.95. The van der Waals surface area contributed by atoms with Crippen LogP contribution in [0.25, 0.3) is 0 Å². The molecule has 1 aromatic carbocycles. The first-order valence-electron chi connectivity index (χ1n) is 5.77. The van der Waals surface area contributed by atoms with E-state index in [-0.39, 0.29) is 12.1 Å². The SMILES string of the molecule is CCC(c1ccccc1)N1CC[C@@H]1C(=O)O. The first-order valence-corrected chi connectivity index (χ1v) is 5.77. The van der Waals surface area contributed by atoms with Gasteiger partial charge < -0.3 is 5.11 Å². The van der Waals surface area contributed by atoms with Gasteiger partial charge in [0.25, 0.3) is 0 Å². The molecule has 2 atom stereocenters. The summed E-state index contributed by atoms with van der Waals surface area (Å²) in [5, 5.41) is 9.05. The Morgan fingerprint density at radius 3 is 2.62 bits per heavy atom. The van der Waals surface area contributed by atoms with Gasteiger partial charge in [0, 0.05) is 12.6 Å². The maximum atomic E-state index is 11.0. The number of nitrogens with zero attached hydrogens (tertiary/aromatic N) is 1. The van der Waals surface area contributed by atoms with Crippen LogP contribution in [0.1, 0.15) is 31.4 Å². The fraction of sp³-hybridized carbons (Fsp3) is 0.462. The minimum atomic E-state index is -0.694. The van der Waals surface area contributed by atoms with Gasteiger partial charge >= 0.3 is 5.97 Å². The van der Waals surface area contributed by atoms with E-state index in [1.54, 1.807) is 0 Å². The summed E-state index contributed by atoms with van der Waals surface area (Å²) in [4.78, 5) is 13.1. The molecule has 0 amide bonds. The Hall–Kier alpha value is -1.35. The Kier molecular flexibility index (Phi) is 3.25. The highest BCUT2D eigenvalue weighted by molar-refractivity contribution is 5.74. The van der Waals surface area contributed by atoms with Gasteiger partial charge in [-0.2, -0.15) is 0 Å². The first-order chi connectivity index (χ1) is 7.74. The number of benzene rings is 1. The lowest BCUT2D eigenvalue weighted by Crippen LogP contribution is -2.53. The van der Waals surface area contributed by atoms with Gasteiger partial charge in [-0.1, -0.05) is 37.3 Å². The predicted octanol–water partition coefficient (Wildman–Crippen LogP) is 2.30. The molecule has 1 saturated heterocycles. The molecule has 0 bridgehead atoms. The summed E-state index contributed by atoms with van der Waals surface area (Å²) in [6.45, 7) is 3.00. The van der Waals surface area contributed by atoms with E-state index in [0.29, 0.717) is 0 Å². The zero-order valence-electron chi connectivity index (χ0n) is 9.47. The molecule has 1 heterocycles. The fourth-order valence-electron chi connectivity index (χ4n) is 2.38. The zero-order chi connectivity index (χ0) is 11.5. The molecule has 86 valence electrons. The lowest BCUT2D eigenvalue weighted by molar-refractivity contribution is -0.150. The van der Waals surface area contributed by atoms with Gasteiger partial charge in [0.1, 0.15) is 6.04 Å². The quantitative estimate of drug-likeness (QED) is 0.844. The van der Waals surface area contributed by atoms with Crippen molar-refractivity contribution in [3.05, 3.63) is 35.9 Å². The summed E-state index contributed by atoms with van der Waals surface area (Å²) >= 11 is 0. The van der Waals surface area contributed by atoms with Gasteiger partial charge in [0.2, 0.25) is 0 Å². The molecule has 0 spiro atoms. The molecule has 1 unspecified atom stereocenters. The fourth-order valence-corrected chi connectivity index (χ4v) is 2.38. The highest BCUT2D eigenvalue weighted by Crippen LogP contribution is 2.32. The predicted molar refractivity (Wildman–Crippen MR) is 62.2 cm³/mol. The van der Waals surface area contributed by atoms with E-state index >= 15 is 0 Å². The minimum absolute atomic E-state index is 0.246. The minimum Gasteiger partial charge on any atom is -0.480 e. The van der Waals surface area contributed by atoms with Crippen molar-refractivity contribution in [3.8, 4) is 0 Å². The molecule has 3 nitrogen and oxygen atoms in total. The van der Waals surface area contributed by atoms with Crippen LogP contribution in [0.15, 0.2) is 30.3 Å². The van der Waals surface area contributed by atoms with Gasteiger partial charge in [-0.15, -0.1) is 0 Å². The average Bonchev–Trinajstić information content (AvgIpc) is 2.24. The number of hydrogen-bond acceptors (Lipinski definition) is 2. The van der Waals surface area contributed by atoms with Gasteiger partial charge in [-0.05, 0) is 18.4 Å². The summed E-state index contributed by atoms with van der Waals surface area (Å²) < 4.78 is 0. The lowest BCUT2D eigenvalue weighted by Gasteiger charge is -2.43. The van der Waals surface area contributed by atoms with E-state index in [0.717, 1.165) is 19.4 Å². The van der Waals surface area contributed by atoms with Crippen LogP contribution >= 0.6 is 0 Å². The third-order valence-electron chi connectivity index (χ3n) is 3.32. The summed E-state index contributed by atoms with van der Waals surface area (Å²) in [5.41, 5.74) is 1.22. The van der Waals surface area contributed by atoms with E-state index in [4.69, 9.17) is 5.11 Å². The van der Waals surface area contributed by atoms with Crippen molar-refractivity contribution < 1.29 is 9.90 Å². The van der Waals surface area contributed by atoms with Crippen molar-refractivity contribution >= 4 is 5.97 Å². The molecule has 0 saturated carbocycles. The number of carboxylic acid groups (broad SMARTS) is 1. The van der Waals surface area contributed by atoms with Gasteiger partial charge in [0.15, 0.2) is 0 Å². The first kappa shape index (κ1) is 11.1. The van der Waals surface area contributed by atoms with Crippen molar-refractivity contribution in [3.63, 3.8) is 0 Å². The van der Waals surface area contributed by atoms with Crippen molar-refractivity contribution in [1.29, 1.82) is 0 Å². The van der Waals surface area contributed by atoms with Crippen LogP contribution in [0.2, 0.25) is 0 Å². The molecule has 1 aromatic rings. The van der Waals surface area contributed by atoms with E-state index < -0.39 is 5.97 Å². The molecule has 1 aliphatic rings. The molecule has 16 heavy (non-hydrogen) atoms. The Morgan fingerprint density at radius 2 is 2.19 bits per heavy atom. The van der Waals surface area contributed by atoms with Gasteiger partial charge in [-0.25, -0.2) is 0 Å². The summed E-state index contributed by atoms with van der Waals surface area (Å²) in [6, 6.07) is 10.1. The van der Waals surface area contributed by atoms with Crippen LogP contribution in [-0.2, 0) is 4.79 Å². The van der Waals surface area contributed by atoms with E-state index in [9.17, 15) is 4.79 Å². The van der Waals surface area contributed by atoms with E-state index in [2.05, 4.69) is 24.0 Å². The summed E-state index contributed by atoms with van der Waals surface area (Å²) in [5.74, 6) is -0.694. The monoisotopic (exact) mass is 219 g/mol. The molecule has 2 rings (SSSR count). The Morgan fingerprint density at radius 1 is 1.50 bits per heavy atom. The number of likely N-dealkylation sites (tertiary alicyclic amines) is 1. The largest absolute Gasteiger partial charge is 0.480 e. The van der Waals surface area contributed by atoms with Crippen LogP contribution in [0.3, 0.4) is 0 Å². The smallest absolute Gasteiger partial charge is 0.320 e. The molecular weight excluding hydrogens is 202 g/mol. The van der Waals surface area contributed by atoms with E-state index in [1.165, 1.54) is 5.56 Å². The highest BCUT2D eigenvalue weighted by atomic mass is 16.4. The van der Waals surface area contributed by atoms with Gasteiger partial charge in [0.05, 0.1) is 0 Å². The number of hydrogen-bond donors (Lipinski definition) is 1. The second kappa shape index (κ2) is 4.66. The maximum absolute atomic E-state index is 11.0. The summed E-state index contributed by atoms with van der Waals surface area (Å²) in [7, 11) is 0. The second-order valence-corrected chi connectivity index (χ2v) is 4.22. The highest BCUT2D eigenvalue weighted by Gasteiger charge is 2.38. The number of carbonyl (C=O) groups is 1. The normalized spacial score (nSPS) is 22.4. The molecule has 0 aliphatic carbocycles. The second-order valence-electron chi connectivity index (χ2n) is 4.22. The Labute approximate surface area is 95.7 Å².